The molecule has 0 amide bonds. The van der Waals surface area contributed by atoms with Gasteiger partial charge in [0.1, 0.15) is 11.4 Å². The van der Waals surface area contributed by atoms with Crippen LogP contribution in [0.25, 0.3) is 11.0 Å². The highest BCUT2D eigenvalue weighted by molar-refractivity contribution is 6.08. The number of Topliss-reactive ketones (excluding diaryl/α,β-unsaturated/α-hetero) is 1. The molecule has 3 aromatic rings. The molecule has 4 bridgehead atoms. The summed E-state index contributed by atoms with van der Waals surface area (Å²) in [5.41, 5.74) is 1.72. The number of hydrogen-bond donors (Lipinski definition) is 3. The van der Waals surface area contributed by atoms with E-state index in [2.05, 4.69) is 15.3 Å². The number of para-hydroxylation sites is 1. The molecule has 2 unspecified atom stereocenters. The Kier molecular flexibility index (Phi) is 3.93. The topological polar surface area (TPSA) is 87.2 Å². The second-order valence-electron chi connectivity index (χ2n) is 9.24. The van der Waals surface area contributed by atoms with Crippen LogP contribution in [0, 0.1) is 17.8 Å². The van der Waals surface area contributed by atoms with Crippen LogP contribution >= 0.6 is 0 Å². The number of anilines is 1. The van der Waals surface area contributed by atoms with E-state index < -0.39 is 5.60 Å². The summed E-state index contributed by atoms with van der Waals surface area (Å²) >= 11 is 0. The van der Waals surface area contributed by atoms with E-state index in [1.165, 1.54) is 6.42 Å². The molecule has 5 atom stereocenters. The fourth-order valence-electron chi connectivity index (χ4n) is 6.27. The van der Waals surface area contributed by atoms with E-state index in [1.807, 2.05) is 42.6 Å². The van der Waals surface area contributed by atoms with Gasteiger partial charge in [0, 0.05) is 23.8 Å². The van der Waals surface area contributed by atoms with E-state index in [9.17, 15) is 9.90 Å². The van der Waals surface area contributed by atoms with Crippen LogP contribution in [0.4, 0.5) is 5.69 Å². The summed E-state index contributed by atoms with van der Waals surface area (Å²) in [4.78, 5) is 20.7. The molecule has 0 radical (unpaired) electrons. The minimum atomic E-state index is -0.458. The smallest absolute Gasteiger partial charge is 0.203 e. The summed E-state index contributed by atoms with van der Waals surface area (Å²) < 4.78 is 5.71. The molecule has 4 aliphatic carbocycles. The fraction of sp³-hybridized carbons (Fsp3) is 0.417. The molecular formula is C24H25N3O3. The number of rotatable bonds is 6. The number of carbonyl (C=O) groups excluding carboxylic acids is 1. The van der Waals surface area contributed by atoms with Crippen molar-refractivity contribution in [1.82, 2.24) is 9.97 Å². The van der Waals surface area contributed by atoms with Crippen LogP contribution in [0.5, 0.6) is 5.75 Å². The molecule has 30 heavy (non-hydrogen) atoms. The summed E-state index contributed by atoms with van der Waals surface area (Å²) in [7, 11) is 0. The molecule has 154 valence electrons. The first-order valence-electron chi connectivity index (χ1n) is 10.8. The number of fused-ring (bicyclic) bond motifs is 1. The quantitative estimate of drug-likeness (QED) is 0.545. The highest BCUT2D eigenvalue weighted by atomic mass is 16.5. The van der Waals surface area contributed by atoms with Crippen LogP contribution in [0.3, 0.4) is 0 Å². The first-order chi connectivity index (χ1) is 14.6. The molecule has 3 N–H and O–H groups in total. The Labute approximate surface area is 174 Å². The minimum Gasteiger partial charge on any atom is -0.485 e. The molecule has 0 spiro atoms. The van der Waals surface area contributed by atoms with E-state index in [1.54, 1.807) is 6.20 Å². The van der Waals surface area contributed by atoms with Crippen molar-refractivity contribution in [2.45, 2.75) is 37.3 Å². The second-order valence-corrected chi connectivity index (χ2v) is 9.24. The third-order valence-electron chi connectivity index (χ3n) is 7.39. The monoisotopic (exact) mass is 403 g/mol. The lowest BCUT2D eigenvalue weighted by Crippen LogP contribution is -2.43. The zero-order valence-electron chi connectivity index (χ0n) is 16.7. The highest BCUT2D eigenvalue weighted by Gasteiger charge is 2.60. The molecule has 1 aromatic carbocycles. The van der Waals surface area contributed by atoms with Crippen molar-refractivity contribution in [1.29, 1.82) is 0 Å². The number of nitrogens with zero attached hydrogens (tertiary/aromatic N) is 1. The number of hydrogen-bond acceptors (Lipinski definition) is 5. The van der Waals surface area contributed by atoms with E-state index in [4.69, 9.17) is 4.74 Å². The number of H-pyrrole nitrogens is 1. The Balaban J connectivity index is 1.30. The molecule has 6 heteroatoms. The maximum atomic E-state index is 13.1. The summed E-state index contributed by atoms with van der Waals surface area (Å²) in [6, 6.07) is 11.6. The lowest BCUT2D eigenvalue weighted by molar-refractivity contribution is -0.0140. The van der Waals surface area contributed by atoms with Crippen LogP contribution in [-0.2, 0) is 0 Å². The van der Waals surface area contributed by atoms with Gasteiger partial charge in [-0.15, -0.1) is 0 Å². The number of pyridine rings is 1. The van der Waals surface area contributed by atoms with Gasteiger partial charge in [-0.1, -0.05) is 18.2 Å². The Bertz CT molecular complexity index is 1110. The molecule has 2 aromatic heterocycles. The van der Waals surface area contributed by atoms with Crippen LogP contribution in [-0.4, -0.2) is 39.1 Å². The standard InChI is InChI=1S/C24H25N3O3/c28-20(13-30-16-4-2-1-3-5-16)19-12-26-23-17(6-7-25-23)22(19)27-21-15-8-14-9-24(29,10-15)11-18(14)21/h1-7,12,14-15,18,21,29H,8-11,13H2,(H2,25,26,27)/t14?,15-,18?,21+,24-/m1/s1. The van der Waals surface area contributed by atoms with Gasteiger partial charge in [-0.05, 0) is 61.6 Å². The van der Waals surface area contributed by atoms with E-state index >= 15 is 0 Å². The summed E-state index contributed by atoms with van der Waals surface area (Å²) in [5.74, 6) is 2.10. The zero-order chi connectivity index (χ0) is 20.3. The molecule has 2 heterocycles. The van der Waals surface area contributed by atoms with Crippen molar-refractivity contribution < 1.29 is 14.6 Å². The van der Waals surface area contributed by atoms with Crippen LogP contribution in [0.1, 0.15) is 36.0 Å². The summed E-state index contributed by atoms with van der Waals surface area (Å²) in [6.45, 7) is -0.0315. The van der Waals surface area contributed by atoms with Crippen LogP contribution in [0.15, 0.2) is 48.8 Å². The number of ketones is 1. The number of carbonyl (C=O) groups is 1. The number of aliphatic hydroxyl groups is 1. The van der Waals surface area contributed by atoms with Gasteiger partial charge in [0.15, 0.2) is 6.61 Å². The van der Waals surface area contributed by atoms with E-state index in [-0.39, 0.29) is 12.4 Å². The maximum Gasteiger partial charge on any atom is 0.203 e. The van der Waals surface area contributed by atoms with Crippen molar-refractivity contribution in [2.24, 2.45) is 17.8 Å². The first-order valence-corrected chi connectivity index (χ1v) is 10.8. The lowest BCUT2D eigenvalue weighted by Gasteiger charge is -2.39. The molecule has 4 fully saturated rings. The molecule has 4 aliphatic rings. The number of ether oxygens (including phenoxy) is 1. The van der Waals surface area contributed by atoms with Gasteiger partial charge in [-0.25, -0.2) is 4.98 Å². The van der Waals surface area contributed by atoms with Gasteiger partial charge in [-0.3, -0.25) is 4.79 Å². The first kappa shape index (κ1) is 18.0. The Hall–Kier alpha value is -2.86. The molecule has 0 saturated heterocycles. The van der Waals surface area contributed by atoms with E-state index in [0.29, 0.717) is 35.1 Å². The van der Waals surface area contributed by atoms with Crippen molar-refractivity contribution >= 4 is 22.5 Å². The Morgan fingerprint density at radius 3 is 2.87 bits per heavy atom. The second kappa shape index (κ2) is 6.57. The summed E-state index contributed by atoms with van der Waals surface area (Å²) in [6.07, 6.45) is 7.33. The average Bonchev–Trinajstić information content (AvgIpc) is 3.38. The number of nitrogens with one attached hydrogen (secondary N) is 2. The van der Waals surface area contributed by atoms with Gasteiger partial charge in [-0.2, -0.15) is 0 Å². The molecular weight excluding hydrogens is 378 g/mol. The summed E-state index contributed by atoms with van der Waals surface area (Å²) in [5, 5.41) is 15.4. The van der Waals surface area contributed by atoms with E-state index in [0.717, 1.165) is 36.0 Å². The number of benzene rings is 1. The van der Waals surface area contributed by atoms with Gasteiger partial charge in [0.05, 0.1) is 16.9 Å². The average molecular weight is 403 g/mol. The molecule has 6 nitrogen and oxygen atoms in total. The maximum absolute atomic E-state index is 13.1. The SMILES string of the molecule is O=C(COc1ccccc1)c1cnc2[nH]ccc2c1N[C@@H]1C2C[C@@]3(O)CC2C[C@@H]1C3. The molecule has 7 rings (SSSR count). The lowest BCUT2D eigenvalue weighted by atomic mass is 9.76. The molecule has 4 saturated carbocycles. The predicted octanol–water partition coefficient (Wildman–Crippen LogP) is 3.79. The van der Waals surface area contributed by atoms with Crippen LogP contribution in [0.2, 0.25) is 0 Å². The largest absolute Gasteiger partial charge is 0.485 e. The minimum absolute atomic E-state index is 0.0315. The van der Waals surface area contributed by atoms with Gasteiger partial charge in [0.25, 0.3) is 0 Å². The van der Waals surface area contributed by atoms with Crippen molar-refractivity contribution in [2.75, 3.05) is 11.9 Å². The van der Waals surface area contributed by atoms with Gasteiger partial charge < -0.3 is 20.1 Å². The number of aromatic amines is 1. The normalized spacial score (nSPS) is 31.4. The third kappa shape index (κ3) is 2.82. The predicted molar refractivity (Wildman–Crippen MR) is 114 cm³/mol. The third-order valence-corrected chi connectivity index (χ3v) is 7.39. The van der Waals surface area contributed by atoms with Gasteiger partial charge >= 0.3 is 0 Å². The van der Waals surface area contributed by atoms with Crippen molar-refractivity contribution in [3.05, 3.63) is 54.4 Å². The van der Waals surface area contributed by atoms with Crippen molar-refractivity contribution in [3.63, 3.8) is 0 Å². The Morgan fingerprint density at radius 2 is 2.03 bits per heavy atom. The zero-order valence-corrected chi connectivity index (χ0v) is 16.7. The van der Waals surface area contributed by atoms with Gasteiger partial charge in [0.2, 0.25) is 5.78 Å². The number of aromatic nitrogens is 2. The van der Waals surface area contributed by atoms with Crippen LogP contribution < -0.4 is 10.1 Å². The fourth-order valence-corrected chi connectivity index (χ4v) is 6.27. The Morgan fingerprint density at radius 1 is 1.20 bits per heavy atom. The van der Waals surface area contributed by atoms with Crippen molar-refractivity contribution in [3.8, 4) is 5.75 Å². The molecule has 0 aliphatic heterocycles. The highest BCUT2D eigenvalue weighted by Crippen LogP contribution is 2.60.